The molecule has 1 aromatic rings. The number of benzene rings is 1. The summed E-state index contributed by atoms with van der Waals surface area (Å²) in [5, 5.41) is 3.22. The molecule has 0 aliphatic heterocycles. The van der Waals surface area contributed by atoms with Crippen molar-refractivity contribution in [1.29, 1.82) is 0 Å². The van der Waals surface area contributed by atoms with Gasteiger partial charge < -0.3 is 20.5 Å². The van der Waals surface area contributed by atoms with Gasteiger partial charge in [0.05, 0.1) is 14.2 Å². The Bertz CT molecular complexity index is 407. The molecule has 0 bridgehead atoms. The Hall–Kier alpha value is -1.75. The van der Waals surface area contributed by atoms with Crippen molar-refractivity contribution in [1.82, 2.24) is 5.32 Å². The second-order valence-corrected chi connectivity index (χ2v) is 4.14. The minimum atomic E-state index is -0.303. The van der Waals surface area contributed by atoms with E-state index in [4.69, 9.17) is 15.2 Å². The summed E-state index contributed by atoms with van der Waals surface area (Å²) in [6.07, 6.45) is 0.327. The number of hydrogen-bond acceptors (Lipinski definition) is 4. The van der Waals surface area contributed by atoms with Crippen LogP contribution in [-0.4, -0.2) is 26.2 Å². The summed E-state index contributed by atoms with van der Waals surface area (Å²) in [5.41, 5.74) is 6.19. The monoisotopic (exact) mass is 252 g/mol. The number of hydrogen-bond donors (Lipinski definition) is 2. The Morgan fingerprint density at radius 2 is 2.00 bits per heavy atom. The summed E-state index contributed by atoms with van der Waals surface area (Å²) in [5.74, 6) is 1.09. The molecule has 1 amide bonds. The number of carbonyl (C=O) groups excluding carboxylic acids is 1. The van der Waals surface area contributed by atoms with Crippen molar-refractivity contribution < 1.29 is 14.3 Å². The molecule has 1 unspecified atom stereocenters. The molecule has 0 heterocycles. The summed E-state index contributed by atoms with van der Waals surface area (Å²) < 4.78 is 10.4. The van der Waals surface area contributed by atoms with Gasteiger partial charge in [0.2, 0.25) is 5.91 Å². The van der Waals surface area contributed by atoms with Crippen LogP contribution in [0.15, 0.2) is 18.2 Å². The fourth-order valence-electron chi connectivity index (χ4n) is 1.66. The fourth-order valence-corrected chi connectivity index (χ4v) is 1.66. The van der Waals surface area contributed by atoms with Gasteiger partial charge in [0.15, 0.2) is 11.5 Å². The van der Waals surface area contributed by atoms with Gasteiger partial charge >= 0.3 is 0 Å². The Kier molecular flexibility index (Phi) is 5.45. The molecular formula is C13H20N2O3. The Labute approximate surface area is 107 Å². The van der Waals surface area contributed by atoms with Crippen molar-refractivity contribution in [2.45, 2.75) is 25.9 Å². The van der Waals surface area contributed by atoms with Gasteiger partial charge in [-0.2, -0.15) is 0 Å². The highest BCUT2D eigenvalue weighted by Crippen LogP contribution is 2.27. The van der Waals surface area contributed by atoms with Gasteiger partial charge in [0.25, 0.3) is 0 Å². The molecule has 0 radical (unpaired) electrons. The van der Waals surface area contributed by atoms with E-state index in [0.717, 1.165) is 5.56 Å². The highest BCUT2D eigenvalue weighted by atomic mass is 16.5. The Morgan fingerprint density at radius 3 is 2.56 bits per heavy atom. The topological polar surface area (TPSA) is 73.6 Å². The van der Waals surface area contributed by atoms with Crippen LogP contribution in [-0.2, 0) is 11.3 Å². The predicted octanol–water partition coefficient (Wildman–Crippen LogP) is 1.06. The molecule has 0 aromatic heterocycles. The summed E-state index contributed by atoms with van der Waals surface area (Å²) in [4.78, 5) is 10.8. The predicted molar refractivity (Wildman–Crippen MR) is 69.7 cm³/mol. The minimum Gasteiger partial charge on any atom is -0.493 e. The lowest BCUT2D eigenvalue weighted by Gasteiger charge is -2.13. The number of methoxy groups -OCH3 is 2. The van der Waals surface area contributed by atoms with E-state index in [9.17, 15) is 4.79 Å². The third kappa shape index (κ3) is 4.25. The van der Waals surface area contributed by atoms with E-state index in [2.05, 4.69) is 5.32 Å². The standard InChI is InChI=1S/C13H20N2O3/c1-9(6-13(14)16)15-8-10-4-5-11(17-2)12(7-10)18-3/h4-5,7,9,15H,6,8H2,1-3H3,(H2,14,16). The molecule has 5 heteroatoms. The highest BCUT2D eigenvalue weighted by Gasteiger charge is 2.07. The van der Waals surface area contributed by atoms with Gasteiger partial charge in [-0.3, -0.25) is 4.79 Å². The van der Waals surface area contributed by atoms with Crippen LogP contribution in [0.3, 0.4) is 0 Å². The molecule has 1 rings (SSSR count). The van der Waals surface area contributed by atoms with Gasteiger partial charge in [-0.15, -0.1) is 0 Å². The van der Waals surface area contributed by atoms with Crippen LogP contribution < -0.4 is 20.5 Å². The maximum absolute atomic E-state index is 10.8. The maximum atomic E-state index is 10.8. The number of amides is 1. The molecule has 0 aliphatic rings. The van der Waals surface area contributed by atoms with Crippen molar-refractivity contribution in [3.8, 4) is 11.5 Å². The maximum Gasteiger partial charge on any atom is 0.218 e. The molecule has 0 saturated heterocycles. The van der Waals surface area contributed by atoms with E-state index in [1.165, 1.54) is 0 Å². The summed E-state index contributed by atoms with van der Waals surface area (Å²) >= 11 is 0. The molecule has 0 aliphatic carbocycles. The molecule has 18 heavy (non-hydrogen) atoms. The first-order chi connectivity index (χ1) is 8.56. The minimum absolute atomic E-state index is 0.0515. The molecule has 1 atom stereocenters. The fraction of sp³-hybridized carbons (Fsp3) is 0.462. The third-order valence-corrected chi connectivity index (χ3v) is 2.61. The van der Waals surface area contributed by atoms with Gasteiger partial charge in [-0.1, -0.05) is 6.07 Å². The zero-order valence-corrected chi connectivity index (χ0v) is 11.0. The first-order valence-electron chi connectivity index (χ1n) is 5.79. The van der Waals surface area contributed by atoms with E-state index in [-0.39, 0.29) is 11.9 Å². The number of rotatable bonds is 7. The third-order valence-electron chi connectivity index (χ3n) is 2.61. The SMILES string of the molecule is COc1ccc(CNC(C)CC(N)=O)cc1OC. The molecule has 0 spiro atoms. The quantitative estimate of drug-likeness (QED) is 0.761. The summed E-state index contributed by atoms with van der Waals surface area (Å²) in [6.45, 7) is 2.57. The molecule has 1 aromatic carbocycles. The smallest absolute Gasteiger partial charge is 0.218 e. The van der Waals surface area contributed by atoms with Crippen molar-refractivity contribution in [3.05, 3.63) is 23.8 Å². The molecular weight excluding hydrogens is 232 g/mol. The molecule has 0 saturated carbocycles. The van der Waals surface area contributed by atoms with Crippen LogP contribution in [0, 0.1) is 0 Å². The van der Waals surface area contributed by atoms with Crippen LogP contribution in [0.2, 0.25) is 0 Å². The summed E-state index contributed by atoms with van der Waals surface area (Å²) in [7, 11) is 3.20. The van der Waals surface area contributed by atoms with Gasteiger partial charge in [-0.25, -0.2) is 0 Å². The number of nitrogens with one attached hydrogen (secondary N) is 1. The van der Waals surface area contributed by atoms with Gasteiger partial charge in [-0.05, 0) is 24.6 Å². The lowest BCUT2D eigenvalue weighted by Crippen LogP contribution is -2.30. The van der Waals surface area contributed by atoms with Crippen LogP contribution >= 0.6 is 0 Å². The molecule has 0 fully saturated rings. The van der Waals surface area contributed by atoms with Crippen LogP contribution in [0.4, 0.5) is 0 Å². The summed E-state index contributed by atoms with van der Waals surface area (Å²) in [6, 6.07) is 5.76. The van der Waals surface area contributed by atoms with E-state index < -0.39 is 0 Å². The zero-order chi connectivity index (χ0) is 13.5. The average Bonchev–Trinajstić information content (AvgIpc) is 2.35. The Morgan fingerprint density at radius 1 is 1.33 bits per heavy atom. The molecule has 100 valence electrons. The first kappa shape index (κ1) is 14.3. The van der Waals surface area contributed by atoms with Crippen molar-refractivity contribution in [2.24, 2.45) is 5.73 Å². The zero-order valence-electron chi connectivity index (χ0n) is 11.0. The lowest BCUT2D eigenvalue weighted by atomic mass is 10.1. The van der Waals surface area contributed by atoms with Crippen molar-refractivity contribution >= 4 is 5.91 Å². The number of nitrogens with two attached hydrogens (primary N) is 1. The first-order valence-corrected chi connectivity index (χ1v) is 5.79. The number of ether oxygens (including phenoxy) is 2. The van der Waals surface area contributed by atoms with Crippen molar-refractivity contribution in [2.75, 3.05) is 14.2 Å². The molecule has 5 nitrogen and oxygen atoms in total. The van der Waals surface area contributed by atoms with Crippen molar-refractivity contribution in [3.63, 3.8) is 0 Å². The largest absolute Gasteiger partial charge is 0.493 e. The Balaban J connectivity index is 2.60. The second kappa shape index (κ2) is 6.86. The molecule has 3 N–H and O–H groups in total. The van der Waals surface area contributed by atoms with E-state index in [1.807, 2.05) is 25.1 Å². The van der Waals surface area contributed by atoms with E-state index in [1.54, 1.807) is 14.2 Å². The van der Waals surface area contributed by atoms with Crippen LogP contribution in [0.25, 0.3) is 0 Å². The van der Waals surface area contributed by atoms with Gasteiger partial charge in [0.1, 0.15) is 0 Å². The normalized spacial score (nSPS) is 11.9. The number of primary amides is 1. The van der Waals surface area contributed by atoms with Gasteiger partial charge in [0, 0.05) is 19.0 Å². The number of carbonyl (C=O) groups is 1. The second-order valence-electron chi connectivity index (χ2n) is 4.14. The van der Waals surface area contributed by atoms with Crippen LogP contribution in [0.1, 0.15) is 18.9 Å². The average molecular weight is 252 g/mol. The van der Waals surface area contributed by atoms with E-state index in [0.29, 0.717) is 24.5 Å². The highest BCUT2D eigenvalue weighted by molar-refractivity contribution is 5.74. The van der Waals surface area contributed by atoms with Crippen LogP contribution in [0.5, 0.6) is 11.5 Å². The lowest BCUT2D eigenvalue weighted by molar-refractivity contribution is -0.118. The van der Waals surface area contributed by atoms with E-state index >= 15 is 0 Å².